The molecule has 0 unspecified atom stereocenters. The van der Waals surface area contributed by atoms with E-state index in [2.05, 4.69) is 4.98 Å². The third-order valence-electron chi connectivity index (χ3n) is 2.67. The van der Waals surface area contributed by atoms with E-state index in [9.17, 15) is 4.79 Å². The average Bonchev–Trinajstić information content (AvgIpc) is 2.95. The van der Waals surface area contributed by atoms with E-state index < -0.39 is 0 Å². The first kappa shape index (κ1) is 12.8. The van der Waals surface area contributed by atoms with E-state index in [1.54, 1.807) is 0 Å². The quantitative estimate of drug-likeness (QED) is 0.779. The molecule has 0 saturated carbocycles. The molecule has 0 amide bonds. The molecule has 0 atom stereocenters. The van der Waals surface area contributed by atoms with E-state index in [-0.39, 0.29) is 0 Å². The van der Waals surface area contributed by atoms with Gasteiger partial charge in [-0.1, -0.05) is 18.3 Å². The predicted molar refractivity (Wildman–Crippen MR) is 72.4 cm³/mol. The monoisotopic (exact) mass is 264 g/mol. The minimum Gasteiger partial charge on any atom is -0.464 e. The zero-order chi connectivity index (χ0) is 13.1. The largest absolute Gasteiger partial charge is 0.464 e. The molecule has 2 rings (SSSR count). The third-order valence-corrected chi connectivity index (χ3v) is 3.81. The van der Waals surface area contributed by atoms with Gasteiger partial charge in [0.1, 0.15) is 11.5 Å². The van der Waals surface area contributed by atoms with E-state index in [0.29, 0.717) is 6.54 Å². The maximum Gasteiger partial charge on any atom is 0.186 e. The van der Waals surface area contributed by atoms with Crippen LogP contribution in [0, 0.1) is 6.92 Å². The summed E-state index contributed by atoms with van der Waals surface area (Å²) in [6, 6.07) is 3.90. The molecule has 0 fully saturated rings. The number of carbonyl (C=O) groups excluding carboxylic acids is 1. The summed E-state index contributed by atoms with van der Waals surface area (Å²) in [6.45, 7) is 4.58. The molecule has 4 nitrogen and oxygen atoms in total. The van der Waals surface area contributed by atoms with E-state index in [4.69, 9.17) is 4.42 Å². The summed E-state index contributed by atoms with van der Waals surface area (Å²) in [6.07, 6.45) is 1.66. The highest BCUT2D eigenvalue weighted by atomic mass is 32.1. The Morgan fingerprint density at radius 1 is 1.50 bits per heavy atom. The van der Waals surface area contributed by atoms with Crippen molar-refractivity contribution in [3.63, 3.8) is 0 Å². The van der Waals surface area contributed by atoms with Gasteiger partial charge in [0.25, 0.3) is 0 Å². The lowest BCUT2D eigenvalue weighted by molar-refractivity contribution is 0.112. The fourth-order valence-electron chi connectivity index (χ4n) is 1.73. The number of aromatic nitrogens is 1. The maximum absolute atomic E-state index is 10.9. The molecule has 0 aromatic carbocycles. The molecule has 0 aliphatic heterocycles. The average molecular weight is 264 g/mol. The number of aryl methyl sites for hydroxylation is 2. The minimum absolute atomic E-state index is 0.656. The number of aldehydes is 1. The van der Waals surface area contributed by atoms with Crippen molar-refractivity contribution in [2.24, 2.45) is 0 Å². The van der Waals surface area contributed by atoms with Crippen LogP contribution in [-0.2, 0) is 13.0 Å². The van der Waals surface area contributed by atoms with Crippen molar-refractivity contribution in [1.29, 1.82) is 0 Å². The SMILES string of the molecule is CCc1nc(N(C)Cc2ccc(C)o2)sc1C=O. The highest BCUT2D eigenvalue weighted by molar-refractivity contribution is 7.17. The van der Waals surface area contributed by atoms with Gasteiger partial charge in [-0.2, -0.15) is 0 Å². The molecule has 2 aromatic rings. The van der Waals surface area contributed by atoms with Crippen LogP contribution in [0.5, 0.6) is 0 Å². The fraction of sp³-hybridized carbons (Fsp3) is 0.385. The minimum atomic E-state index is 0.656. The van der Waals surface area contributed by atoms with Gasteiger partial charge in [0.15, 0.2) is 11.4 Å². The highest BCUT2D eigenvalue weighted by Crippen LogP contribution is 2.26. The second-order valence-corrected chi connectivity index (χ2v) is 5.16. The molecule has 2 aromatic heterocycles. The number of carbonyl (C=O) groups is 1. The van der Waals surface area contributed by atoms with Gasteiger partial charge in [0.2, 0.25) is 0 Å². The molecular formula is C13H16N2O2S. The van der Waals surface area contributed by atoms with Crippen LogP contribution in [0.4, 0.5) is 5.13 Å². The van der Waals surface area contributed by atoms with E-state index >= 15 is 0 Å². The van der Waals surface area contributed by atoms with Gasteiger partial charge < -0.3 is 9.32 Å². The van der Waals surface area contributed by atoms with Crippen LogP contribution in [0.2, 0.25) is 0 Å². The van der Waals surface area contributed by atoms with Crippen LogP contribution >= 0.6 is 11.3 Å². The summed E-state index contributed by atoms with van der Waals surface area (Å²) < 4.78 is 5.53. The lowest BCUT2D eigenvalue weighted by atomic mass is 10.3. The van der Waals surface area contributed by atoms with Crippen LogP contribution in [0.1, 0.15) is 33.8 Å². The Balaban J connectivity index is 2.15. The Morgan fingerprint density at radius 2 is 2.28 bits per heavy atom. The lowest BCUT2D eigenvalue weighted by Gasteiger charge is -2.13. The maximum atomic E-state index is 10.9. The molecule has 2 heterocycles. The lowest BCUT2D eigenvalue weighted by Crippen LogP contribution is -2.15. The Hall–Kier alpha value is -1.62. The number of anilines is 1. The molecule has 0 bridgehead atoms. The number of hydrogen-bond donors (Lipinski definition) is 0. The van der Waals surface area contributed by atoms with E-state index in [1.807, 2.05) is 37.9 Å². The predicted octanol–water partition coefficient (Wildman–Crippen LogP) is 3.06. The molecule has 96 valence electrons. The van der Waals surface area contributed by atoms with Gasteiger partial charge in [-0.15, -0.1) is 0 Å². The number of nitrogens with zero attached hydrogens (tertiary/aromatic N) is 2. The van der Waals surface area contributed by atoms with Crippen molar-refractivity contribution in [3.8, 4) is 0 Å². The van der Waals surface area contributed by atoms with Crippen molar-refractivity contribution in [2.75, 3.05) is 11.9 Å². The van der Waals surface area contributed by atoms with Crippen molar-refractivity contribution in [3.05, 3.63) is 34.2 Å². The summed E-state index contributed by atoms with van der Waals surface area (Å²) in [5.41, 5.74) is 0.868. The Morgan fingerprint density at radius 3 is 2.78 bits per heavy atom. The van der Waals surface area contributed by atoms with E-state index in [0.717, 1.165) is 39.9 Å². The molecule has 0 aliphatic carbocycles. The van der Waals surface area contributed by atoms with Gasteiger partial charge in [-0.25, -0.2) is 4.98 Å². The van der Waals surface area contributed by atoms with Gasteiger partial charge in [-0.05, 0) is 25.5 Å². The van der Waals surface area contributed by atoms with Gasteiger partial charge in [0.05, 0.1) is 17.1 Å². The van der Waals surface area contributed by atoms with E-state index in [1.165, 1.54) is 11.3 Å². The smallest absolute Gasteiger partial charge is 0.186 e. The topological polar surface area (TPSA) is 46.3 Å². The standard InChI is InChI=1S/C13H16N2O2S/c1-4-11-12(8-16)18-13(14-11)15(3)7-10-6-5-9(2)17-10/h5-6,8H,4,7H2,1-3H3. The first-order valence-corrected chi connectivity index (χ1v) is 6.67. The fourth-order valence-corrected chi connectivity index (χ4v) is 2.66. The number of rotatable bonds is 5. The van der Waals surface area contributed by atoms with Crippen LogP contribution in [0.25, 0.3) is 0 Å². The second-order valence-electron chi connectivity index (χ2n) is 4.15. The first-order valence-electron chi connectivity index (χ1n) is 5.85. The molecule has 0 radical (unpaired) electrons. The molecule has 18 heavy (non-hydrogen) atoms. The second kappa shape index (κ2) is 5.35. The molecule has 0 N–H and O–H groups in total. The Bertz CT molecular complexity index is 545. The van der Waals surface area contributed by atoms with Gasteiger partial charge in [-0.3, -0.25) is 4.79 Å². The van der Waals surface area contributed by atoms with Crippen molar-refractivity contribution in [1.82, 2.24) is 4.98 Å². The normalized spacial score (nSPS) is 10.6. The summed E-state index contributed by atoms with van der Waals surface area (Å²) in [5, 5.41) is 0.850. The zero-order valence-corrected chi connectivity index (χ0v) is 11.6. The third kappa shape index (κ3) is 2.61. The Labute approximate surface area is 110 Å². The van der Waals surface area contributed by atoms with Crippen LogP contribution in [0.15, 0.2) is 16.5 Å². The van der Waals surface area contributed by atoms with Crippen molar-refractivity contribution < 1.29 is 9.21 Å². The highest BCUT2D eigenvalue weighted by Gasteiger charge is 2.13. The summed E-state index contributed by atoms with van der Waals surface area (Å²) in [5.74, 6) is 1.80. The molecule has 0 aliphatic rings. The summed E-state index contributed by atoms with van der Waals surface area (Å²) in [7, 11) is 1.95. The molecule has 0 saturated heterocycles. The summed E-state index contributed by atoms with van der Waals surface area (Å²) >= 11 is 1.42. The van der Waals surface area contributed by atoms with Crippen LogP contribution < -0.4 is 4.90 Å². The number of hydrogen-bond acceptors (Lipinski definition) is 5. The van der Waals surface area contributed by atoms with Crippen molar-refractivity contribution in [2.45, 2.75) is 26.8 Å². The summed E-state index contributed by atoms with van der Waals surface area (Å²) in [4.78, 5) is 18.1. The van der Waals surface area contributed by atoms with Gasteiger partial charge >= 0.3 is 0 Å². The number of thiazole rings is 1. The zero-order valence-electron chi connectivity index (χ0n) is 10.8. The number of furan rings is 1. The van der Waals surface area contributed by atoms with Crippen LogP contribution in [0.3, 0.4) is 0 Å². The van der Waals surface area contributed by atoms with Crippen molar-refractivity contribution >= 4 is 22.8 Å². The molecule has 0 spiro atoms. The van der Waals surface area contributed by atoms with Crippen LogP contribution in [-0.4, -0.2) is 18.3 Å². The first-order chi connectivity index (χ1) is 8.63. The molecular weight excluding hydrogens is 248 g/mol. The molecule has 5 heteroatoms. The van der Waals surface area contributed by atoms with Gasteiger partial charge in [0, 0.05) is 7.05 Å². The Kier molecular flexibility index (Phi) is 3.81.